The van der Waals surface area contributed by atoms with Gasteiger partial charge in [-0.25, -0.2) is 9.79 Å². The molecule has 8 heteroatoms. The minimum absolute atomic E-state index is 0.132. The van der Waals surface area contributed by atoms with Crippen molar-refractivity contribution < 1.29 is 9.90 Å². The summed E-state index contributed by atoms with van der Waals surface area (Å²) in [6.45, 7) is 0.166. The first-order valence-corrected chi connectivity index (χ1v) is 7.74. The molecule has 2 rings (SSSR count). The van der Waals surface area contributed by atoms with Crippen molar-refractivity contribution in [2.24, 2.45) is 4.99 Å². The topological polar surface area (TPSA) is 77.0 Å². The molecular weight excluding hydrogens is 312 g/mol. The number of nitrogens with one attached hydrogen (secondary N) is 2. The average Bonchev–Trinajstić information content (AvgIpc) is 2.53. The fourth-order valence-electron chi connectivity index (χ4n) is 1.69. The van der Waals surface area contributed by atoms with Crippen LogP contribution in [0.15, 0.2) is 41.0 Å². The van der Waals surface area contributed by atoms with Crippen LogP contribution < -0.4 is 10.9 Å². The van der Waals surface area contributed by atoms with Crippen molar-refractivity contribution in [3.05, 3.63) is 41.1 Å². The van der Waals surface area contributed by atoms with E-state index in [1.54, 1.807) is 24.4 Å². The molecule has 0 spiro atoms. The van der Waals surface area contributed by atoms with Crippen molar-refractivity contribution in [2.75, 3.05) is 24.8 Å². The van der Waals surface area contributed by atoms with Gasteiger partial charge < -0.3 is 5.11 Å². The van der Waals surface area contributed by atoms with Crippen LogP contribution in [-0.2, 0) is 0 Å². The van der Waals surface area contributed by atoms with Crippen molar-refractivity contribution in [3.63, 3.8) is 0 Å². The van der Waals surface area contributed by atoms with E-state index < -0.39 is 0 Å². The average molecular weight is 327 g/mol. The zero-order chi connectivity index (χ0) is 15.2. The highest BCUT2D eigenvalue weighted by Crippen LogP contribution is 2.20. The number of hydrazine groups is 1. The van der Waals surface area contributed by atoms with Crippen LogP contribution >= 0.6 is 23.4 Å². The summed E-state index contributed by atoms with van der Waals surface area (Å²) in [6, 6.07) is 6.71. The van der Waals surface area contributed by atoms with Gasteiger partial charge in [-0.2, -0.15) is 0 Å². The Morgan fingerprint density at radius 1 is 1.52 bits per heavy atom. The quantitative estimate of drug-likeness (QED) is 0.745. The Morgan fingerprint density at radius 2 is 2.29 bits per heavy atom. The van der Waals surface area contributed by atoms with Gasteiger partial charge in [0.25, 0.3) is 0 Å². The van der Waals surface area contributed by atoms with Gasteiger partial charge in [-0.1, -0.05) is 35.5 Å². The van der Waals surface area contributed by atoms with Crippen molar-refractivity contribution in [1.82, 2.24) is 10.3 Å². The third kappa shape index (κ3) is 3.90. The van der Waals surface area contributed by atoms with Crippen LogP contribution in [-0.4, -0.2) is 40.6 Å². The van der Waals surface area contributed by atoms with Crippen molar-refractivity contribution in [1.29, 1.82) is 0 Å². The first-order valence-electron chi connectivity index (χ1n) is 6.14. The van der Waals surface area contributed by atoms with Gasteiger partial charge in [-0.15, -0.1) is 0 Å². The molecule has 1 heterocycles. The standard InChI is InChI=1S/C13H15ClN4O2S/c1-21-13-15-6-9(8-19)7-18(13)12(20)17-16-11-5-3-2-4-10(11)14/h2-6,16,19H,7-8H2,1H3,(H,17,20). The number of urea groups is 1. The highest BCUT2D eigenvalue weighted by Gasteiger charge is 2.22. The molecule has 6 nitrogen and oxygen atoms in total. The molecule has 1 aromatic rings. The molecule has 0 saturated heterocycles. The highest BCUT2D eigenvalue weighted by molar-refractivity contribution is 8.13. The number of hydrogen-bond donors (Lipinski definition) is 3. The molecule has 0 radical (unpaired) electrons. The molecule has 0 atom stereocenters. The normalized spacial score (nSPS) is 14.3. The summed E-state index contributed by atoms with van der Waals surface area (Å²) < 4.78 is 0. The Labute approximate surface area is 131 Å². The van der Waals surface area contributed by atoms with Crippen molar-refractivity contribution in [3.8, 4) is 0 Å². The van der Waals surface area contributed by atoms with Gasteiger partial charge in [-0.3, -0.25) is 15.8 Å². The van der Waals surface area contributed by atoms with Crippen molar-refractivity contribution in [2.45, 2.75) is 0 Å². The summed E-state index contributed by atoms with van der Waals surface area (Å²) in [7, 11) is 0. The van der Waals surface area contributed by atoms with E-state index in [4.69, 9.17) is 16.7 Å². The van der Waals surface area contributed by atoms with Gasteiger partial charge in [-0.05, 0) is 24.0 Å². The second-order valence-electron chi connectivity index (χ2n) is 4.18. The Bertz CT molecular complexity index is 591. The largest absolute Gasteiger partial charge is 0.392 e. The van der Waals surface area contributed by atoms with E-state index in [1.165, 1.54) is 16.7 Å². The first-order chi connectivity index (χ1) is 10.2. The number of aliphatic hydroxyl groups excluding tert-OH is 1. The maximum absolute atomic E-state index is 12.2. The lowest BCUT2D eigenvalue weighted by Gasteiger charge is -2.26. The van der Waals surface area contributed by atoms with Gasteiger partial charge in [0.1, 0.15) is 0 Å². The zero-order valence-electron chi connectivity index (χ0n) is 11.3. The number of carbonyl (C=O) groups is 1. The minimum atomic E-state index is -0.373. The lowest BCUT2D eigenvalue weighted by molar-refractivity contribution is 0.223. The number of nitrogens with zero attached hydrogens (tertiary/aromatic N) is 2. The number of amides is 2. The summed E-state index contributed by atoms with van der Waals surface area (Å²) in [5, 5.41) is 10.2. The SMILES string of the molecule is CSC1=NC=C(CO)CN1C(=O)NNc1ccccc1Cl. The van der Waals surface area contributed by atoms with Crippen LogP contribution in [0.3, 0.4) is 0 Å². The number of amidine groups is 1. The molecule has 1 aliphatic heterocycles. The number of halogens is 1. The van der Waals surface area contributed by atoms with E-state index in [9.17, 15) is 4.79 Å². The lowest BCUT2D eigenvalue weighted by Crippen LogP contribution is -2.47. The fraction of sp³-hybridized carbons (Fsp3) is 0.231. The molecule has 0 unspecified atom stereocenters. The lowest BCUT2D eigenvalue weighted by atomic mass is 10.3. The van der Waals surface area contributed by atoms with Crippen LogP contribution in [0.4, 0.5) is 10.5 Å². The molecule has 0 saturated carbocycles. The molecule has 1 aromatic carbocycles. The number of aliphatic hydroxyl groups is 1. The van der Waals surface area contributed by atoms with E-state index in [0.29, 0.717) is 28.0 Å². The Morgan fingerprint density at radius 3 is 2.95 bits per heavy atom. The summed E-state index contributed by atoms with van der Waals surface area (Å²) in [4.78, 5) is 17.8. The molecule has 1 aliphatic rings. The van der Waals surface area contributed by atoms with Gasteiger partial charge in [0, 0.05) is 6.20 Å². The van der Waals surface area contributed by atoms with Gasteiger partial charge in [0.15, 0.2) is 5.17 Å². The Hall–Kier alpha value is -1.70. The summed E-state index contributed by atoms with van der Waals surface area (Å²) in [6.07, 6.45) is 3.41. The summed E-state index contributed by atoms with van der Waals surface area (Å²) in [5.74, 6) is 0. The van der Waals surface area contributed by atoms with Gasteiger partial charge >= 0.3 is 6.03 Å². The molecule has 3 N–H and O–H groups in total. The number of hydrogen-bond acceptors (Lipinski definition) is 5. The molecule has 0 fully saturated rings. The van der Waals surface area contributed by atoms with E-state index in [0.717, 1.165) is 0 Å². The van der Waals surface area contributed by atoms with Crippen LogP contribution in [0.25, 0.3) is 0 Å². The molecule has 2 amide bonds. The Balaban J connectivity index is 2.02. The maximum Gasteiger partial charge on any atom is 0.342 e. The number of anilines is 1. The molecule has 0 bridgehead atoms. The number of aliphatic imine (C=N–C) groups is 1. The van der Waals surface area contributed by atoms with E-state index in [1.807, 2.05) is 12.3 Å². The van der Waals surface area contributed by atoms with Gasteiger partial charge in [0.2, 0.25) is 0 Å². The third-order valence-electron chi connectivity index (χ3n) is 2.76. The third-order valence-corrected chi connectivity index (χ3v) is 3.78. The smallest absolute Gasteiger partial charge is 0.342 e. The number of rotatable bonds is 3. The summed E-state index contributed by atoms with van der Waals surface area (Å²) >= 11 is 7.35. The number of para-hydroxylation sites is 1. The Kier molecular flexibility index (Phi) is 5.49. The fourth-order valence-corrected chi connectivity index (χ4v) is 2.40. The monoisotopic (exact) mass is 326 g/mol. The van der Waals surface area contributed by atoms with Crippen LogP contribution in [0.2, 0.25) is 5.02 Å². The molecular formula is C13H15ClN4O2S. The van der Waals surface area contributed by atoms with E-state index in [2.05, 4.69) is 15.8 Å². The number of carbonyl (C=O) groups excluding carboxylic acids is 1. The molecule has 21 heavy (non-hydrogen) atoms. The zero-order valence-corrected chi connectivity index (χ0v) is 12.9. The van der Waals surface area contributed by atoms with Crippen molar-refractivity contribution >= 4 is 40.2 Å². The second-order valence-corrected chi connectivity index (χ2v) is 5.36. The first kappa shape index (κ1) is 15.7. The molecule has 0 aliphatic carbocycles. The van der Waals surface area contributed by atoms with Crippen LogP contribution in [0.1, 0.15) is 0 Å². The molecule has 0 aromatic heterocycles. The maximum atomic E-state index is 12.2. The van der Waals surface area contributed by atoms with E-state index in [-0.39, 0.29) is 12.6 Å². The highest BCUT2D eigenvalue weighted by atomic mass is 35.5. The number of benzene rings is 1. The van der Waals surface area contributed by atoms with Crippen LogP contribution in [0.5, 0.6) is 0 Å². The second kappa shape index (κ2) is 7.35. The predicted molar refractivity (Wildman–Crippen MR) is 86.4 cm³/mol. The van der Waals surface area contributed by atoms with Gasteiger partial charge in [0.05, 0.1) is 23.9 Å². The minimum Gasteiger partial charge on any atom is -0.392 e. The van der Waals surface area contributed by atoms with Crippen LogP contribution in [0, 0.1) is 0 Å². The predicted octanol–water partition coefficient (Wildman–Crippen LogP) is 2.29. The molecule has 112 valence electrons. The number of thioether (sulfide) groups is 1. The summed E-state index contributed by atoms with van der Waals surface area (Å²) in [5.41, 5.74) is 6.61. The van der Waals surface area contributed by atoms with E-state index >= 15 is 0 Å².